The summed E-state index contributed by atoms with van der Waals surface area (Å²) < 4.78 is 32.5. The summed E-state index contributed by atoms with van der Waals surface area (Å²) in [5, 5.41) is 0. The van der Waals surface area contributed by atoms with E-state index in [1.807, 2.05) is 0 Å². The molecular formula is C42H48O12. The van der Waals surface area contributed by atoms with Crippen LogP contribution in [0.15, 0.2) is 72.8 Å². The van der Waals surface area contributed by atoms with Crippen molar-refractivity contribution in [3.05, 3.63) is 106 Å². The van der Waals surface area contributed by atoms with Crippen LogP contribution in [0.5, 0.6) is 0 Å². The standard InChI is InChI=1S/C42H48O12/c43-37-31-19-7-8-20-32(31)39(45)51-27-15-3-4-17-29-53-41(47)35-23-11-12-24-36(35)42(48)54-30-18-6-5-16-28-52-40(46)34-22-10-9-21-33(34)38(44)50-26-14-2-1-13-25-49-37/h7-12,19-24H,1-6,13-18,25-30H2. The van der Waals surface area contributed by atoms with Crippen LogP contribution in [0, 0.1) is 0 Å². The molecule has 12 nitrogen and oxygen atoms in total. The Bertz CT molecular complexity index is 1390. The summed E-state index contributed by atoms with van der Waals surface area (Å²) in [5.41, 5.74) is 0.741. The highest BCUT2D eigenvalue weighted by molar-refractivity contribution is 6.04. The first-order valence-corrected chi connectivity index (χ1v) is 18.7. The monoisotopic (exact) mass is 744 g/mol. The van der Waals surface area contributed by atoms with Crippen LogP contribution < -0.4 is 0 Å². The molecule has 1 aliphatic rings. The lowest BCUT2D eigenvalue weighted by Crippen LogP contribution is -2.15. The fourth-order valence-electron chi connectivity index (χ4n) is 5.65. The predicted molar refractivity (Wildman–Crippen MR) is 196 cm³/mol. The summed E-state index contributed by atoms with van der Waals surface area (Å²) in [6.45, 7) is 0.952. The fourth-order valence-corrected chi connectivity index (χ4v) is 5.65. The molecule has 0 saturated carbocycles. The van der Waals surface area contributed by atoms with E-state index in [1.165, 1.54) is 36.4 Å². The van der Waals surface area contributed by atoms with Crippen LogP contribution in [0.1, 0.15) is 139 Å². The topological polar surface area (TPSA) is 158 Å². The molecule has 3 aromatic rings. The number of ether oxygens (including phenoxy) is 6. The molecule has 4 rings (SSSR count). The van der Waals surface area contributed by atoms with Gasteiger partial charge in [0.25, 0.3) is 0 Å². The van der Waals surface area contributed by atoms with Crippen LogP contribution in [0.3, 0.4) is 0 Å². The molecule has 1 aliphatic heterocycles. The molecule has 0 amide bonds. The van der Waals surface area contributed by atoms with Crippen LogP contribution in [0.4, 0.5) is 0 Å². The second kappa shape index (κ2) is 23.2. The molecule has 3 aromatic carbocycles. The van der Waals surface area contributed by atoms with Gasteiger partial charge in [-0.15, -0.1) is 0 Å². The Balaban J connectivity index is 1.32. The maximum Gasteiger partial charge on any atom is 0.339 e. The highest BCUT2D eigenvalue weighted by atomic mass is 16.6. The van der Waals surface area contributed by atoms with Crippen molar-refractivity contribution < 1.29 is 57.2 Å². The molecule has 0 aromatic heterocycles. The van der Waals surface area contributed by atoms with Crippen LogP contribution in [-0.4, -0.2) is 75.5 Å². The van der Waals surface area contributed by atoms with E-state index in [9.17, 15) is 28.8 Å². The van der Waals surface area contributed by atoms with Gasteiger partial charge in [0.05, 0.1) is 73.0 Å². The minimum absolute atomic E-state index is 0.124. The fraction of sp³-hybridized carbons (Fsp3) is 0.429. The number of cyclic esters (lactones) is 6. The van der Waals surface area contributed by atoms with E-state index in [4.69, 9.17) is 28.4 Å². The Morgan fingerprint density at radius 1 is 0.241 bits per heavy atom. The molecule has 0 N–H and O–H groups in total. The first-order chi connectivity index (χ1) is 26.4. The highest BCUT2D eigenvalue weighted by Gasteiger charge is 2.21. The van der Waals surface area contributed by atoms with Gasteiger partial charge in [0.2, 0.25) is 0 Å². The van der Waals surface area contributed by atoms with Gasteiger partial charge in [0, 0.05) is 0 Å². The van der Waals surface area contributed by atoms with Crippen molar-refractivity contribution in [3.8, 4) is 0 Å². The van der Waals surface area contributed by atoms with E-state index in [2.05, 4.69) is 0 Å². The molecule has 0 aliphatic carbocycles. The zero-order valence-corrected chi connectivity index (χ0v) is 30.6. The molecule has 12 heteroatoms. The molecule has 288 valence electrons. The molecule has 0 spiro atoms. The first kappa shape index (κ1) is 41.2. The minimum atomic E-state index is -0.619. The van der Waals surface area contributed by atoms with Crippen LogP contribution in [0.2, 0.25) is 0 Å². The summed E-state index contributed by atoms with van der Waals surface area (Å²) in [7, 11) is 0. The number of hydrogen-bond acceptors (Lipinski definition) is 12. The quantitative estimate of drug-likeness (QED) is 0.163. The van der Waals surface area contributed by atoms with E-state index in [1.54, 1.807) is 36.4 Å². The van der Waals surface area contributed by atoms with Crippen molar-refractivity contribution in [2.45, 2.75) is 77.0 Å². The van der Waals surface area contributed by atoms with Crippen molar-refractivity contribution in [1.29, 1.82) is 0 Å². The molecule has 0 radical (unpaired) electrons. The average molecular weight is 745 g/mol. The maximum absolute atomic E-state index is 12.8. The second-order valence-electron chi connectivity index (χ2n) is 12.7. The minimum Gasteiger partial charge on any atom is -0.462 e. The Hall–Kier alpha value is -5.52. The highest BCUT2D eigenvalue weighted by Crippen LogP contribution is 2.17. The lowest BCUT2D eigenvalue weighted by Gasteiger charge is -2.11. The third-order valence-electron chi connectivity index (χ3n) is 8.62. The van der Waals surface area contributed by atoms with Gasteiger partial charge in [0.1, 0.15) is 0 Å². The number of carbonyl (C=O) groups excluding carboxylic acids is 6. The van der Waals surface area contributed by atoms with Gasteiger partial charge in [-0.05, 0) is 113 Å². The molecule has 0 fully saturated rings. The number of rotatable bonds is 0. The lowest BCUT2D eigenvalue weighted by molar-refractivity contribution is 0.0435. The third kappa shape index (κ3) is 13.5. The Morgan fingerprint density at radius 2 is 0.389 bits per heavy atom. The van der Waals surface area contributed by atoms with Crippen molar-refractivity contribution in [2.75, 3.05) is 39.6 Å². The van der Waals surface area contributed by atoms with Crippen molar-refractivity contribution in [2.24, 2.45) is 0 Å². The number of hydrogen-bond donors (Lipinski definition) is 0. The van der Waals surface area contributed by atoms with Gasteiger partial charge in [-0.1, -0.05) is 36.4 Å². The Labute approximate surface area is 315 Å². The largest absolute Gasteiger partial charge is 0.462 e. The number of fused-ring (bicyclic) bond motifs is 3. The van der Waals surface area contributed by atoms with E-state index in [0.29, 0.717) is 38.5 Å². The number of benzene rings is 3. The van der Waals surface area contributed by atoms with E-state index in [-0.39, 0.29) is 73.0 Å². The molecule has 1 heterocycles. The van der Waals surface area contributed by atoms with Gasteiger partial charge in [-0.25, -0.2) is 28.8 Å². The van der Waals surface area contributed by atoms with E-state index < -0.39 is 35.8 Å². The predicted octanol–water partition coefficient (Wildman–Crippen LogP) is 7.72. The van der Waals surface area contributed by atoms with Crippen molar-refractivity contribution >= 4 is 35.8 Å². The van der Waals surface area contributed by atoms with Gasteiger partial charge < -0.3 is 28.4 Å². The molecule has 0 bridgehead atoms. The first-order valence-electron chi connectivity index (χ1n) is 18.7. The summed E-state index contributed by atoms with van der Waals surface area (Å²) in [6, 6.07) is 19.0. The molecule has 0 unspecified atom stereocenters. The van der Waals surface area contributed by atoms with Crippen molar-refractivity contribution in [1.82, 2.24) is 0 Å². The smallest absolute Gasteiger partial charge is 0.339 e. The summed E-state index contributed by atoms with van der Waals surface area (Å²) in [4.78, 5) is 76.7. The van der Waals surface area contributed by atoms with Gasteiger partial charge >= 0.3 is 35.8 Å². The summed E-state index contributed by atoms with van der Waals surface area (Å²) in [5.74, 6) is -3.72. The normalized spacial score (nSPS) is 17.8. The maximum atomic E-state index is 12.8. The summed E-state index contributed by atoms with van der Waals surface area (Å²) in [6.07, 6.45) is 7.83. The van der Waals surface area contributed by atoms with E-state index in [0.717, 1.165) is 38.5 Å². The van der Waals surface area contributed by atoms with E-state index >= 15 is 0 Å². The molecule has 0 saturated heterocycles. The van der Waals surface area contributed by atoms with Crippen LogP contribution in [-0.2, 0) is 28.4 Å². The number of carbonyl (C=O) groups is 6. The molecule has 0 atom stereocenters. The van der Waals surface area contributed by atoms with Crippen LogP contribution >= 0.6 is 0 Å². The number of esters is 6. The van der Waals surface area contributed by atoms with Crippen LogP contribution in [0.25, 0.3) is 0 Å². The second-order valence-corrected chi connectivity index (χ2v) is 12.7. The Kier molecular flexibility index (Phi) is 17.7. The lowest BCUT2D eigenvalue weighted by atomic mass is 10.1. The SMILES string of the molecule is O=C1OCCCCCCOC(=O)c2ccccc2C(=O)OCCCCCCOC(=O)c2ccccc2C(=O)OCCCCCCOC(=O)c2ccccc21. The van der Waals surface area contributed by atoms with Crippen molar-refractivity contribution in [3.63, 3.8) is 0 Å². The third-order valence-corrected chi connectivity index (χ3v) is 8.62. The van der Waals surface area contributed by atoms with Gasteiger partial charge in [-0.2, -0.15) is 0 Å². The van der Waals surface area contributed by atoms with Gasteiger partial charge in [0.15, 0.2) is 0 Å². The zero-order chi connectivity index (χ0) is 38.4. The average Bonchev–Trinajstić information content (AvgIpc) is 3.19. The molecular weight excluding hydrogens is 696 g/mol. The zero-order valence-electron chi connectivity index (χ0n) is 30.6. The molecule has 54 heavy (non-hydrogen) atoms. The Morgan fingerprint density at radius 3 is 0.537 bits per heavy atom. The van der Waals surface area contributed by atoms with Gasteiger partial charge in [-0.3, -0.25) is 0 Å². The summed E-state index contributed by atoms with van der Waals surface area (Å²) >= 11 is 0.